The molecule has 0 aromatic rings. The summed E-state index contributed by atoms with van der Waals surface area (Å²) < 4.78 is 4.22. The van der Waals surface area contributed by atoms with Gasteiger partial charge in [0.2, 0.25) is 0 Å². The molecule has 5 heteroatoms. The van der Waals surface area contributed by atoms with Crippen molar-refractivity contribution >= 4 is 8.60 Å². The second-order valence-corrected chi connectivity index (χ2v) is 1.43. The van der Waals surface area contributed by atoms with E-state index in [4.69, 9.17) is 9.79 Å². The average Bonchev–Trinajstić information content (AvgIpc) is 1.35. The second kappa shape index (κ2) is 6.80. The summed E-state index contributed by atoms with van der Waals surface area (Å²) in [7, 11) is -2.10. The molecule has 0 unspecified atom stereocenters. The molecule has 0 radical (unpaired) electrons. The summed E-state index contributed by atoms with van der Waals surface area (Å²) in [6.07, 6.45) is 0. The molecule has 48 valence electrons. The summed E-state index contributed by atoms with van der Waals surface area (Å²) in [5.74, 6) is 0. The van der Waals surface area contributed by atoms with E-state index in [1.807, 2.05) is 0 Å². The van der Waals surface area contributed by atoms with E-state index in [1.165, 1.54) is 0 Å². The molecule has 0 saturated carbocycles. The number of rotatable bonds is 2. The molecule has 0 aliphatic carbocycles. The van der Waals surface area contributed by atoms with E-state index in [1.54, 1.807) is 6.92 Å². The summed E-state index contributed by atoms with van der Waals surface area (Å²) in [5.41, 5.74) is 0. The standard InChI is InChI=1S/C2H7O3P.Ni/c1-2-5-6(3)4;/h3-4H,2H2,1H3;. The van der Waals surface area contributed by atoms with E-state index in [-0.39, 0.29) is 16.5 Å². The van der Waals surface area contributed by atoms with Crippen LogP contribution in [0.4, 0.5) is 0 Å². The van der Waals surface area contributed by atoms with Crippen molar-refractivity contribution < 1.29 is 30.8 Å². The van der Waals surface area contributed by atoms with Crippen molar-refractivity contribution in [1.29, 1.82) is 0 Å². The van der Waals surface area contributed by atoms with Gasteiger partial charge in [0.05, 0.1) is 6.61 Å². The third-order valence-electron chi connectivity index (χ3n) is 0.245. The zero-order chi connectivity index (χ0) is 4.99. The van der Waals surface area contributed by atoms with Crippen molar-refractivity contribution in [3.05, 3.63) is 0 Å². The fourth-order valence-electron chi connectivity index (χ4n) is 0.115. The topological polar surface area (TPSA) is 49.7 Å². The van der Waals surface area contributed by atoms with Gasteiger partial charge in [0.25, 0.3) is 0 Å². The molecule has 0 aromatic carbocycles. The summed E-state index contributed by atoms with van der Waals surface area (Å²) in [6, 6.07) is 0. The summed E-state index contributed by atoms with van der Waals surface area (Å²) in [4.78, 5) is 15.9. The Kier molecular flexibility index (Phi) is 10.4. The van der Waals surface area contributed by atoms with Gasteiger partial charge in [0, 0.05) is 16.5 Å². The molecule has 0 aliphatic heterocycles. The molecule has 0 spiro atoms. The van der Waals surface area contributed by atoms with Crippen molar-refractivity contribution in [3.63, 3.8) is 0 Å². The molecule has 0 amide bonds. The third-order valence-corrected chi connectivity index (χ3v) is 0.734. The fraction of sp³-hybridized carbons (Fsp3) is 1.00. The average molecular weight is 169 g/mol. The van der Waals surface area contributed by atoms with Crippen LogP contribution >= 0.6 is 8.60 Å². The smallest absolute Gasteiger partial charge is 0.327 e. The maximum Gasteiger partial charge on any atom is 0.327 e. The molecular weight excluding hydrogens is 162 g/mol. The van der Waals surface area contributed by atoms with E-state index >= 15 is 0 Å². The van der Waals surface area contributed by atoms with Crippen LogP contribution in [-0.4, -0.2) is 16.4 Å². The third kappa shape index (κ3) is 10.9. The summed E-state index contributed by atoms with van der Waals surface area (Å²) in [5, 5.41) is 0. The van der Waals surface area contributed by atoms with Gasteiger partial charge in [0.15, 0.2) is 0 Å². The Morgan fingerprint density at radius 1 is 1.57 bits per heavy atom. The Bertz CT molecular complexity index is 34.1. The van der Waals surface area contributed by atoms with Crippen LogP contribution in [0.1, 0.15) is 6.92 Å². The zero-order valence-corrected chi connectivity index (χ0v) is 5.66. The quantitative estimate of drug-likeness (QED) is 0.459. The Hall–Kier alpha value is 0.804. The molecular formula is C2H7NiO3P. The molecule has 0 heterocycles. The molecule has 3 nitrogen and oxygen atoms in total. The van der Waals surface area contributed by atoms with Crippen molar-refractivity contribution in [3.8, 4) is 0 Å². The Morgan fingerprint density at radius 3 is 2.00 bits per heavy atom. The predicted octanol–water partition coefficient (Wildman–Crippen LogP) is 0.232. The molecule has 0 aliphatic rings. The first-order chi connectivity index (χ1) is 2.77. The summed E-state index contributed by atoms with van der Waals surface area (Å²) >= 11 is 0. The van der Waals surface area contributed by atoms with Crippen LogP contribution in [0, 0.1) is 0 Å². The second-order valence-electron chi connectivity index (χ2n) is 0.671. The molecule has 0 fully saturated rings. The SMILES string of the molecule is CCOP(O)O.[Ni]. The molecule has 2 N–H and O–H groups in total. The van der Waals surface area contributed by atoms with E-state index in [2.05, 4.69) is 4.52 Å². The largest absolute Gasteiger partial charge is 0.328 e. The van der Waals surface area contributed by atoms with Crippen LogP contribution in [0.3, 0.4) is 0 Å². The predicted molar refractivity (Wildman–Crippen MR) is 23.0 cm³/mol. The van der Waals surface area contributed by atoms with Gasteiger partial charge in [-0.2, -0.15) is 0 Å². The van der Waals surface area contributed by atoms with E-state index in [0.717, 1.165) is 0 Å². The van der Waals surface area contributed by atoms with Crippen molar-refractivity contribution in [1.82, 2.24) is 0 Å². The number of hydrogen-bond donors (Lipinski definition) is 2. The van der Waals surface area contributed by atoms with Gasteiger partial charge >= 0.3 is 8.60 Å². The van der Waals surface area contributed by atoms with Gasteiger partial charge < -0.3 is 14.3 Å². The minimum absolute atomic E-state index is 0. The van der Waals surface area contributed by atoms with Gasteiger partial charge in [-0.3, -0.25) is 0 Å². The van der Waals surface area contributed by atoms with Gasteiger partial charge in [-0.15, -0.1) is 0 Å². The van der Waals surface area contributed by atoms with Crippen LogP contribution in [0.2, 0.25) is 0 Å². The number of hydrogen-bond acceptors (Lipinski definition) is 3. The van der Waals surface area contributed by atoms with Crippen molar-refractivity contribution in [2.75, 3.05) is 6.61 Å². The van der Waals surface area contributed by atoms with E-state index in [9.17, 15) is 0 Å². The molecule has 0 saturated heterocycles. The minimum atomic E-state index is -2.10. The van der Waals surface area contributed by atoms with E-state index < -0.39 is 8.60 Å². The maximum atomic E-state index is 7.95. The van der Waals surface area contributed by atoms with Crippen LogP contribution in [-0.2, 0) is 21.0 Å². The zero-order valence-electron chi connectivity index (χ0n) is 3.77. The first-order valence-electron chi connectivity index (χ1n) is 1.58. The fourth-order valence-corrected chi connectivity index (χ4v) is 0.346. The van der Waals surface area contributed by atoms with Gasteiger partial charge in [-0.05, 0) is 6.92 Å². The Labute approximate surface area is 53.6 Å². The first-order valence-corrected chi connectivity index (χ1v) is 2.74. The Morgan fingerprint density at radius 2 is 2.00 bits per heavy atom. The van der Waals surface area contributed by atoms with Crippen LogP contribution in [0.15, 0.2) is 0 Å². The normalized spacial score (nSPS) is 8.57. The first kappa shape index (κ1) is 10.7. The Balaban J connectivity index is 0. The minimum Gasteiger partial charge on any atom is -0.328 e. The van der Waals surface area contributed by atoms with E-state index in [0.29, 0.717) is 6.61 Å². The van der Waals surface area contributed by atoms with Crippen LogP contribution < -0.4 is 0 Å². The van der Waals surface area contributed by atoms with Gasteiger partial charge in [-0.1, -0.05) is 0 Å². The maximum absolute atomic E-state index is 7.95. The molecule has 0 bridgehead atoms. The van der Waals surface area contributed by atoms with Gasteiger partial charge in [-0.25, -0.2) is 0 Å². The van der Waals surface area contributed by atoms with Crippen molar-refractivity contribution in [2.24, 2.45) is 0 Å². The molecule has 0 atom stereocenters. The summed E-state index contributed by atoms with van der Waals surface area (Å²) in [6.45, 7) is 2.06. The van der Waals surface area contributed by atoms with Crippen molar-refractivity contribution in [2.45, 2.75) is 6.92 Å². The van der Waals surface area contributed by atoms with Gasteiger partial charge in [0.1, 0.15) is 0 Å². The molecule has 7 heavy (non-hydrogen) atoms. The van der Waals surface area contributed by atoms with Crippen LogP contribution in [0.25, 0.3) is 0 Å². The monoisotopic (exact) mass is 168 g/mol. The molecule has 0 aromatic heterocycles. The van der Waals surface area contributed by atoms with Crippen LogP contribution in [0.5, 0.6) is 0 Å². The molecule has 0 rings (SSSR count).